The van der Waals surface area contributed by atoms with Gasteiger partial charge in [-0.15, -0.1) is 0 Å². The molecular weight excluding hydrogens is 238 g/mol. The summed E-state index contributed by atoms with van der Waals surface area (Å²) in [6.07, 6.45) is 0.829. The van der Waals surface area contributed by atoms with Crippen molar-refractivity contribution in [2.75, 3.05) is 0 Å². The summed E-state index contributed by atoms with van der Waals surface area (Å²) >= 11 is 0. The number of nitrogens with one attached hydrogen (secondary N) is 1. The molecule has 0 aliphatic carbocycles. The van der Waals surface area contributed by atoms with Crippen molar-refractivity contribution in [3.8, 4) is 0 Å². The number of H-pyrrole nitrogens is 1. The van der Waals surface area contributed by atoms with E-state index >= 15 is 0 Å². The van der Waals surface area contributed by atoms with E-state index in [1.165, 1.54) is 4.31 Å². The SMILES string of the molecule is CCc1n[nH]c2c1CN(S(=O)(=O)C(C)(C)C)C2. The highest BCUT2D eigenvalue weighted by atomic mass is 32.2. The minimum Gasteiger partial charge on any atom is -0.281 e. The topological polar surface area (TPSA) is 66.1 Å². The van der Waals surface area contributed by atoms with Crippen LogP contribution in [0.4, 0.5) is 0 Å². The molecule has 0 fully saturated rings. The average molecular weight is 257 g/mol. The maximum atomic E-state index is 12.3. The number of sulfonamides is 1. The summed E-state index contributed by atoms with van der Waals surface area (Å²) in [5, 5.41) is 7.12. The van der Waals surface area contributed by atoms with Gasteiger partial charge in [-0.25, -0.2) is 8.42 Å². The van der Waals surface area contributed by atoms with E-state index in [1.54, 1.807) is 20.8 Å². The number of hydrogen-bond donors (Lipinski definition) is 1. The molecule has 0 amide bonds. The molecule has 0 unspecified atom stereocenters. The summed E-state index contributed by atoms with van der Waals surface area (Å²) in [7, 11) is -3.25. The van der Waals surface area contributed by atoms with Crippen LogP contribution in [-0.2, 0) is 29.5 Å². The van der Waals surface area contributed by atoms with Crippen molar-refractivity contribution in [2.24, 2.45) is 0 Å². The van der Waals surface area contributed by atoms with Gasteiger partial charge in [-0.05, 0) is 27.2 Å². The third-order valence-electron chi connectivity index (χ3n) is 3.16. The largest absolute Gasteiger partial charge is 0.281 e. The molecule has 96 valence electrons. The molecule has 2 rings (SSSR count). The van der Waals surface area contributed by atoms with Gasteiger partial charge in [0.2, 0.25) is 10.0 Å². The Morgan fingerprint density at radius 2 is 2.00 bits per heavy atom. The molecular formula is C11H19N3O2S. The Hall–Kier alpha value is -0.880. The van der Waals surface area contributed by atoms with Gasteiger partial charge in [0.05, 0.1) is 22.7 Å². The van der Waals surface area contributed by atoms with E-state index in [-0.39, 0.29) is 0 Å². The van der Waals surface area contributed by atoms with Gasteiger partial charge in [0, 0.05) is 12.1 Å². The van der Waals surface area contributed by atoms with Crippen LogP contribution in [0.2, 0.25) is 0 Å². The van der Waals surface area contributed by atoms with Gasteiger partial charge < -0.3 is 0 Å². The molecule has 0 atom stereocenters. The molecule has 1 aliphatic rings. The van der Waals surface area contributed by atoms with Crippen LogP contribution in [0.3, 0.4) is 0 Å². The molecule has 0 bridgehead atoms. The summed E-state index contributed by atoms with van der Waals surface area (Å²) in [5.41, 5.74) is 2.97. The molecule has 1 aliphatic heterocycles. The molecule has 1 aromatic heterocycles. The molecule has 0 spiro atoms. The first kappa shape index (κ1) is 12.6. The molecule has 0 radical (unpaired) electrons. The quantitative estimate of drug-likeness (QED) is 0.871. The van der Waals surface area contributed by atoms with E-state index in [2.05, 4.69) is 10.2 Å². The Labute approximate surface area is 102 Å². The van der Waals surface area contributed by atoms with Gasteiger partial charge in [0.1, 0.15) is 0 Å². The lowest BCUT2D eigenvalue weighted by atomic mass is 10.2. The summed E-state index contributed by atoms with van der Waals surface area (Å²) in [6, 6.07) is 0. The number of fused-ring (bicyclic) bond motifs is 1. The highest BCUT2D eigenvalue weighted by Gasteiger charge is 2.39. The fourth-order valence-electron chi connectivity index (χ4n) is 2.02. The van der Waals surface area contributed by atoms with Crippen LogP contribution in [0.25, 0.3) is 0 Å². The Kier molecular flexibility index (Phi) is 2.82. The van der Waals surface area contributed by atoms with Crippen LogP contribution < -0.4 is 0 Å². The molecule has 1 N–H and O–H groups in total. The van der Waals surface area contributed by atoms with E-state index in [0.29, 0.717) is 13.1 Å². The second kappa shape index (κ2) is 3.81. The van der Waals surface area contributed by atoms with Crippen LogP contribution in [0, 0.1) is 0 Å². The van der Waals surface area contributed by atoms with Crippen LogP contribution in [0.5, 0.6) is 0 Å². The van der Waals surface area contributed by atoms with Crippen molar-refractivity contribution >= 4 is 10.0 Å². The van der Waals surface area contributed by atoms with Crippen molar-refractivity contribution in [2.45, 2.75) is 52.0 Å². The fraction of sp³-hybridized carbons (Fsp3) is 0.727. The van der Waals surface area contributed by atoms with Crippen LogP contribution in [0.15, 0.2) is 0 Å². The van der Waals surface area contributed by atoms with Crippen LogP contribution in [-0.4, -0.2) is 27.7 Å². The van der Waals surface area contributed by atoms with Gasteiger partial charge in [0.15, 0.2) is 0 Å². The molecule has 1 aromatic rings. The van der Waals surface area contributed by atoms with E-state index < -0.39 is 14.8 Å². The zero-order chi connectivity index (χ0) is 12.8. The van der Waals surface area contributed by atoms with Crippen LogP contribution >= 0.6 is 0 Å². The van der Waals surface area contributed by atoms with Gasteiger partial charge in [-0.1, -0.05) is 6.92 Å². The monoisotopic (exact) mass is 257 g/mol. The lowest BCUT2D eigenvalue weighted by molar-refractivity contribution is 0.406. The second-order valence-corrected chi connectivity index (χ2v) is 8.06. The summed E-state index contributed by atoms with van der Waals surface area (Å²) in [5.74, 6) is 0. The predicted octanol–water partition coefficient (Wildman–Crippen LogP) is 1.42. The number of nitrogens with zero attached hydrogens (tertiary/aromatic N) is 2. The summed E-state index contributed by atoms with van der Waals surface area (Å²) in [6.45, 7) is 8.09. The standard InChI is InChI=1S/C11H19N3O2S/c1-5-9-8-6-14(7-10(8)13-12-9)17(15,16)11(2,3)4/h5-7H2,1-4H3,(H,12,13). The minimum absolute atomic E-state index is 0.419. The van der Waals surface area contributed by atoms with E-state index in [0.717, 1.165) is 23.4 Å². The Morgan fingerprint density at radius 1 is 1.35 bits per heavy atom. The van der Waals surface area contributed by atoms with Gasteiger partial charge in [-0.3, -0.25) is 5.10 Å². The highest BCUT2D eigenvalue weighted by molar-refractivity contribution is 7.90. The smallest absolute Gasteiger partial charge is 0.219 e. The highest BCUT2D eigenvalue weighted by Crippen LogP contribution is 2.31. The normalized spacial score (nSPS) is 17.4. The lowest BCUT2D eigenvalue weighted by Gasteiger charge is -2.26. The van der Waals surface area contributed by atoms with Gasteiger partial charge >= 0.3 is 0 Å². The van der Waals surface area contributed by atoms with Crippen molar-refractivity contribution in [1.29, 1.82) is 0 Å². The predicted molar refractivity (Wildman–Crippen MR) is 65.9 cm³/mol. The van der Waals surface area contributed by atoms with Crippen molar-refractivity contribution in [1.82, 2.24) is 14.5 Å². The number of aryl methyl sites for hydroxylation is 1. The molecule has 0 saturated carbocycles. The second-order valence-electron chi connectivity index (χ2n) is 5.37. The first-order valence-corrected chi connectivity index (χ1v) is 7.26. The minimum atomic E-state index is -3.25. The van der Waals surface area contributed by atoms with E-state index in [9.17, 15) is 8.42 Å². The molecule has 6 heteroatoms. The first-order chi connectivity index (χ1) is 7.77. The molecule has 0 aromatic carbocycles. The van der Waals surface area contributed by atoms with E-state index in [1.807, 2.05) is 6.92 Å². The number of aromatic amines is 1. The number of hydrogen-bond acceptors (Lipinski definition) is 3. The molecule has 17 heavy (non-hydrogen) atoms. The Balaban J connectivity index is 2.30. The lowest BCUT2D eigenvalue weighted by Crippen LogP contribution is -2.40. The van der Waals surface area contributed by atoms with Crippen LogP contribution in [0.1, 0.15) is 44.6 Å². The zero-order valence-electron chi connectivity index (χ0n) is 10.7. The molecule has 0 saturated heterocycles. The summed E-state index contributed by atoms with van der Waals surface area (Å²) in [4.78, 5) is 0. The fourth-order valence-corrected chi connectivity index (χ4v) is 3.39. The zero-order valence-corrected chi connectivity index (χ0v) is 11.6. The van der Waals surface area contributed by atoms with Crippen molar-refractivity contribution in [3.63, 3.8) is 0 Å². The molecule has 5 nitrogen and oxygen atoms in total. The number of rotatable bonds is 2. The Bertz CT molecular complexity index is 525. The third kappa shape index (κ3) is 1.89. The molecule has 2 heterocycles. The first-order valence-electron chi connectivity index (χ1n) is 5.82. The van der Waals surface area contributed by atoms with Gasteiger partial charge in [-0.2, -0.15) is 9.40 Å². The maximum absolute atomic E-state index is 12.3. The van der Waals surface area contributed by atoms with Crippen molar-refractivity contribution < 1.29 is 8.42 Å². The van der Waals surface area contributed by atoms with Crippen molar-refractivity contribution in [3.05, 3.63) is 17.0 Å². The number of aromatic nitrogens is 2. The maximum Gasteiger partial charge on any atom is 0.219 e. The average Bonchev–Trinajstić information content (AvgIpc) is 2.73. The third-order valence-corrected chi connectivity index (χ3v) is 5.64. The summed E-state index contributed by atoms with van der Waals surface area (Å²) < 4.78 is 25.4. The van der Waals surface area contributed by atoms with Gasteiger partial charge in [0.25, 0.3) is 0 Å². The Morgan fingerprint density at radius 3 is 2.53 bits per heavy atom. The van der Waals surface area contributed by atoms with E-state index in [4.69, 9.17) is 0 Å².